The zero-order chi connectivity index (χ0) is 49.4. The van der Waals surface area contributed by atoms with Crippen molar-refractivity contribution in [1.82, 2.24) is 5.32 Å². The highest BCUT2D eigenvalue weighted by molar-refractivity contribution is 5.76. The first-order valence-corrected chi connectivity index (χ1v) is 29.9. The first-order valence-electron chi connectivity index (χ1n) is 29.9. The third-order valence-corrected chi connectivity index (χ3v) is 14.6. The largest absolute Gasteiger partial charge is 0.394 e. The zero-order valence-corrected chi connectivity index (χ0v) is 44.9. The molecule has 1 heterocycles. The Balaban J connectivity index is 1.92. The summed E-state index contributed by atoms with van der Waals surface area (Å²) in [5.41, 5.74) is 0. The Hall–Kier alpha value is -1.07. The van der Waals surface area contributed by atoms with Gasteiger partial charge in [-0.15, -0.1) is 0 Å². The summed E-state index contributed by atoms with van der Waals surface area (Å²) < 4.78 is 11.2. The van der Waals surface area contributed by atoms with E-state index in [-0.39, 0.29) is 12.5 Å². The number of nitrogens with one attached hydrogen (secondary N) is 1. The molecule has 9 heteroatoms. The highest BCUT2D eigenvalue weighted by Crippen LogP contribution is 2.23. The van der Waals surface area contributed by atoms with E-state index >= 15 is 0 Å². The minimum absolute atomic E-state index is 0.135. The summed E-state index contributed by atoms with van der Waals surface area (Å²) in [6.07, 6.45) is 54.8. The molecule has 0 aromatic rings. The van der Waals surface area contributed by atoms with Crippen LogP contribution in [0, 0.1) is 0 Å². The second-order valence-electron chi connectivity index (χ2n) is 21.1. The number of carbonyl (C=O) groups is 1. The predicted octanol–water partition coefficient (Wildman–Crippen LogP) is 14.8. The van der Waals surface area contributed by atoms with Gasteiger partial charge in [-0.25, -0.2) is 0 Å². The van der Waals surface area contributed by atoms with Crippen molar-refractivity contribution in [2.45, 2.75) is 346 Å². The summed E-state index contributed by atoms with van der Waals surface area (Å²) in [6.45, 7) is 3.79. The van der Waals surface area contributed by atoms with Gasteiger partial charge in [0.05, 0.1) is 25.4 Å². The minimum Gasteiger partial charge on any atom is -0.394 e. The highest BCUT2D eigenvalue weighted by Gasteiger charge is 2.44. The molecular weight excluding hydrogens is 851 g/mol. The van der Waals surface area contributed by atoms with E-state index in [1.165, 1.54) is 238 Å². The lowest BCUT2D eigenvalue weighted by Gasteiger charge is -2.40. The van der Waals surface area contributed by atoms with Crippen LogP contribution in [0.2, 0.25) is 0 Å². The second-order valence-corrected chi connectivity index (χ2v) is 21.1. The quantitative estimate of drug-likeness (QED) is 0.0261. The number of aliphatic hydroxyl groups excluding tert-OH is 5. The first-order chi connectivity index (χ1) is 33.3. The molecule has 6 N–H and O–H groups in total. The zero-order valence-electron chi connectivity index (χ0n) is 44.9. The van der Waals surface area contributed by atoms with Crippen molar-refractivity contribution in [2.24, 2.45) is 0 Å². The van der Waals surface area contributed by atoms with Crippen LogP contribution < -0.4 is 5.32 Å². The van der Waals surface area contributed by atoms with Gasteiger partial charge in [-0.2, -0.15) is 0 Å². The molecule has 1 fully saturated rings. The van der Waals surface area contributed by atoms with Gasteiger partial charge in [-0.3, -0.25) is 4.79 Å². The van der Waals surface area contributed by atoms with Crippen LogP contribution in [0.4, 0.5) is 0 Å². The molecular formula is C59H115NO8. The van der Waals surface area contributed by atoms with Crippen molar-refractivity contribution in [2.75, 3.05) is 13.2 Å². The van der Waals surface area contributed by atoms with E-state index in [0.717, 1.165) is 38.5 Å². The van der Waals surface area contributed by atoms with Gasteiger partial charge in [-0.05, 0) is 38.5 Å². The van der Waals surface area contributed by atoms with Gasteiger partial charge >= 0.3 is 0 Å². The number of hydrogen-bond acceptors (Lipinski definition) is 8. The number of amides is 1. The molecule has 1 aliphatic rings. The van der Waals surface area contributed by atoms with Crippen molar-refractivity contribution in [3.05, 3.63) is 12.2 Å². The van der Waals surface area contributed by atoms with Crippen LogP contribution >= 0.6 is 0 Å². The van der Waals surface area contributed by atoms with E-state index in [2.05, 4.69) is 31.3 Å². The molecule has 68 heavy (non-hydrogen) atoms. The predicted molar refractivity (Wildman–Crippen MR) is 286 cm³/mol. The Bertz CT molecular complexity index is 1080. The molecule has 0 bridgehead atoms. The van der Waals surface area contributed by atoms with Gasteiger partial charge in [0.15, 0.2) is 6.29 Å². The number of ether oxygens (including phenoxy) is 2. The first kappa shape index (κ1) is 64.9. The van der Waals surface area contributed by atoms with Crippen molar-refractivity contribution >= 4 is 5.91 Å². The summed E-state index contributed by atoms with van der Waals surface area (Å²) in [5.74, 6) is -0.144. The van der Waals surface area contributed by atoms with E-state index in [9.17, 15) is 30.3 Å². The molecule has 0 aromatic heterocycles. The Morgan fingerprint density at radius 2 is 0.824 bits per heavy atom. The molecule has 0 spiro atoms. The molecule has 0 radical (unpaired) electrons. The van der Waals surface area contributed by atoms with Crippen LogP contribution in [-0.4, -0.2) is 87.5 Å². The van der Waals surface area contributed by atoms with Gasteiger partial charge in [0.2, 0.25) is 5.91 Å². The lowest BCUT2D eigenvalue weighted by molar-refractivity contribution is -0.302. The maximum atomic E-state index is 12.9. The molecule has 7 unspecified atom stereocenters. The number of hydrogen-bond donors (Lipinski definition) is 6. The Kier molecular flexibility index (Phi) is 47.3. The van der Waals surface area contributed by atoms with E-state index in [0.29, 0.717) is 12.8 Å². The fourth-order valence-electron chi connectivity index (χ4n) is 9.87. The monoisotopic (exact) mass is 966 g/mol. The van der Waals surface area contributed by atoms with Gasteiger partial charge in [0.25, 0.3) is 0 Å². The van der Waals surface area contributed by atoms with Crippen molar-refractivity contribution in [3.63, 3.8) is 0 Å². The van der Waals surface area contributed by atoms with E-state index in [1.807, 2.05) is 0 Å². The van der Waals surface area contributed by atoms with Crippen LogP contribution in [0.5, 0.6) is 0 Å². The smallest absolute Gasteiger partial charge is 0.220 e. The molecule has 0 aliphatic carbocycles. The van der Waals surface area contributed by atoms with E-state index in [4.69, 9.17) is 9.47 Å². The standard InChI is InChI=1S/C59H115NO8/c1-3-5-7-9-11-12-13-14-15-16-17-18-19-20-21-22-23-24-25-26-27-28-29-30-31-32-33-34-35-36-37-38-39-40-41-42-43-45-47-49-55(63)60-52(53(62)48-46-44-10-8-6-4-2)51-67-59-58(66)57(65)56(64)54(50-61)68-59/h16-17,52-54,56-59,61-62,64-66H,3-15,18-51H2,1-2H3,(H,60,63)/b17-16-. The van der Waals surface area contributed by atoms with Crippen LogP contribution in [0.1, 0.15) is 303 Å². The second kappa shape index (κ2) is 49.5. The molecule has 0 saturated carbocycles. The molecule has 1 amide bonds. The maximum absolute atomic E-state index is 12.9. The Morgan fingerprint density at radius 1 is 0.485 bits per heavy atom. The summed E-state index contributed by atoms with van der Waals surface area (Å²) in [4.78, 5) is 12.9. The molecule has 7 atom stereocenters. The number of allylic oxidation sites excluding steroid dienone is 2. The molecule has 0 aromatic carbocycles. The molecule has 9 nitrogen and oxygen atoms in total. The number of unbranched alkanes of at least 4 members (excludes halogenated alkanes) is 40. The molecule has 1 saturated heterocycles. The van der Waals surface area contributed by atoms with E-state index in [1.54, 1.807) is 0 Å². The van der Waals surface area contributed by atoms with Gasteiger partial charge in [0.1, 0.15) is 24.4 Å². The van der Waals surface area contributed by atoms with Gasteiger partial charge in [0, 0.05) is 6.42 Å². The topological polar surface area (TPSA) is 149 Å². The van der Waals surface area contributed by atoms with Crippen LogP contribution in [0.3, 0.4) is 0 Å². The number of aliphatic hydroxyl groups is 5. The average Bonchev–Trinajstić information content (AvgIpc) is 3.34. The SMILES string of the molecule is CCCCCCCCCC/C=C\CCCCCCCCCCCCCCCCCCCCCCCCCCCCCC(=O)NC(COC1OC(CO)C(O)C(O)C1O)C(O)CCCCCCCC. The normalized spacial score (nSPS) is 19.5. The molecule has 1 rings (SSSR count). The third-order valence-electron chi connectivity index (χ3n) is 14.6. The Labute approximate surface area is 420 Å². The van der Waals surface area contributed by atoms with Crippen LogP contribution in [0.15, 0.2) is 12.2 Å². The van der Waals surface area contributed by atoms with Crippen molar-refractivity contribution in [3.8, 4) is 0 Å². The number of rotatable bonds is 52. The van der Waals surface area contributed by atoms with Crippen LogP contribution in [0.25, 0.3) is 0 Å². The summed E-state index contributed by atoms with van der Waals surface area (Å²) in [7, 11) is 0. The molecule has 404 valence electrons. The van der Waals surface area contributed by atoms with Gasteiger partial charge < -0.3 is 40.3 Å². The minimum atomic E-state index is -1.55. The van der Waals surface area contributed by atoms with E-state index < -0.39 is 49.5 Å². The van der Waals surface area contributed by atoms with Crippen molar-refractivity contribution < 1.29 is 39.8 Å². The van der Waals surface area contributed by atoms with Crippen molar-refractivity contribution in [1.29, 1.82) is 0 Å². The maximum Gasteiger partial charge on any atom is 0.220 e. The fraction of sp³-hybridized carbons (Fsp3) is 0.949. The lowest BCUT2D eigenvalue weighted by Crippen LogP contribution is -2.60. The summed E-state index contributed by atoms with van der Waals surface area (Å²) in [5, 5.41) is 54.1. The van der Waals surface area contributed by atoms with Gasteiger partial charge in [-0.1, -0.05) is 270 Å². The summed E-state index contributed by atoms with van der Waals surface area (Å²) >= 11 is 0. The highest BCUT2D eigenvalue weighted by atomic mass is 16.7. The Morgan fingerprint density at radius 3 is 1.19 bits per heavy atom. The molecule has 1 aliphatic heterocycles. The lowest BCUT2D eigenvalue weighted by atomic mass is 9.99. The van der Waals surface area contributed by atoms with Crippen LogP contribution in [-0.2, 0) is 14.3 Å². The number of carbonyl (C=O) groups excluding carboxylic acids is 1. The fourth-order valence-corrected chi connectivity index (χ4v) is 9.87. The summed E-state index contributed by atoms with van der Waals surface area (Å²) in [6, 6.07) is -0.711. The third kappa shape index (κ3) is 38.6. The average molecular weight is 967 g/mol.